The zero-order valence-electron chi connectivity index (χ0n) is 10.7. The Morgan fingerprint density at radius 1 is 1.24 bits per heavy atom. The van der Waals surface area contributed by atoms with Crippen LogP contribution in [-0.4, -0.2) is 9.55 Å². The van der Waals surface area contributed by atoms with E-state index >= 15 is 0 Å². The highest BCUT2D eigenvalue weighted by atomic mass is 15.1. The third kappa shape index (κ3) is 2.60. The second kappa shape index (κ2) is 5.21. The van der Waals surface area contributed by atoms with E-state index in [1.807, 2.05) is 6.07 Å². The van der Waals surface area contributed by atoms with Gasteiger partial charge in [-0.1, -0.05) is 32.3 Å². The summed E-state index contributed by atoms with van der Waals surface area (Å²) in [6.45, 7) is 5.31. The van der Waals surface area contributed by atoms with Crippen LogP contribution in [0.1, 0.15) is 38.2 Å². The Kier molecular flexibility index (Phi) is 3.67. The standard InChI is InChI=1S/C14H21N3/c1-3-4-5-6-9-17-13-10-11(2)7-8-12(13)16-14(17)15/h7-8,10H,3-6,9H2,1-2H3,(H2,15,16). The van der Waals surface area contributed by atoms with Crippen molar-refractivity contribution in [2.45, 2.75) is 46.1 Å². The van der Waals surface area contributed by atoms with Gasteiger partial charge in [0.25, 0.3) is 0 Å². The van der Waals surface area contributed by atoms with E-state index in [0.717, 1.165) is 12.1 Å². The predicted molar refractivity (Wildman–Crippen MR) is 73.0 cm³/mol. The zero-order valence-corrected chi connectivity index (χ0v) is 10.7. The molecule has 1 heterocycles. The van der Waals surface area contributed by atoms with Gasteiger partial charge in [-0.25, -0.2) is 4.98 Å². The number of hydrogen-bond donors (Lipinski definition) is 1. The van der Waals surface area contributed by atoms with Crippen molar-refractivity contribution in [2.75, 3.05) is 5.73 Å². The van der Waals surface area contributed by atoms with E-state index in [9.17, 15) is 0 Å². The molecule has 0 spiro atoms. The Hall–Kier alpha value is -1.51. The van der Waals surface area contributed by atoms with Crippen LogP contribution in [0.5, 0.6) is 0 Å². The van der Waals surface area contributed by atoms with Crippen LogP contribution in [0.15, 0.2) is 18.2 Å². The molecule has 0 aliphatic heterocycles. The number of nitrogen functional groups attached to an aromatic ring is 1. The summed E-state index contributed by atoms with van der Waals surface area (Å²) in [5.41, 5.74) is 9.40. The Bertz CT molecular complexity index is 499. The molecule has 2 rings (SSSR count). The van der Waals surface area contributed by atoms with Crippen LogP contribution in [0.4, 0.5) is 5.95 Å². The van der Waals surface area contributed by atoms with E-state index in [1.165, 1.54) is 36.8 Å². The van der Waals surface area contributed by atoms with Gasteiger partial charge in [0, 0.05) is 6.54 Å². The molecule has 0 atom stereocenters. The molecule has 0 amide bonds. The molecule has 0 fully saturated rings. The lowest BCUT2D eigenvalue weighted by molar-refractivity contribution is 0.595. The first-order valence-corrected chi connectivity index (χ1v) is 6.44. The van der Waals surface area contributed by atoms with Crippen molar-refractivity contribution in [3.8, 4) is 0 Å². The molecule has 0 bridgehead atoms. The minimum atomic E-state index is 0.641. The van der Waals surface area contributed by atoms with Gasteiger partial charge < -0.3 is 10.3 Å². The van der Waals surface area contributed by atoms with Crippen molar-refractivity contribution in [3.63, 3.8) is 0 Å². The summed E-state index contributed by atoms with van der Waals surface area (Å²) in [5, 5.41) is 0. The first kappa shape index (κ1) is 12.0. The Morgan fingerprint density at radius 3 is 2.82 bits per heavy atom. The predicted octanol–water partition coefficient (Wildman–Crippen LogP) is 3.51. The maximum atomic E-state index is 5.97. The van der Waals surface area contributed by atoms with E-state index in [0.29, 0.717) is 5.95 Å². The third-order valence-electron chi connectivity index (χ3n) is 3.17. The normalized spacial score (nSPS) is 11.2. The van der Waals surface area contributed by atoms with Crippen molar-refractivity contribution in [2.24, 2.45) is 0 Å². The number of aryl methyl sites for hydroxylation is 2. The highest BCUT2D eigenvalue weighted by Crippen LogP contribution is 2.20. The summed E-state index contributed by atoms with van der Waals surface area (Å²) in [6, 6.07) is 6.29. The summed E-state index contributed by atoms with van der Waals surface area (Å²) in [5.74, 6) is 0.641. The van der Waals surface area contributed by atoms with Crippen molar-refractivity contribution < 1.29 is 0 Å². The maximum Gasteiger partial charge on any atom is 0.201 e. The monoisotopic (exact) mass is 231 g/mol. The number of nitrogens with zero attached hydrogens (tertiary/aromatic N) is 2. The summed E-state index contributed by atoms with van der Waals surface area (Å²) in [4.78, 5) is 4.39. The fraction of sp³-hybridized carbons (Fsp3) is 0.500. The molecule has 3 heteroatoms. The molecular formula is C14H21N3. The van der Waals surface area contributed by atoms with Crippen molar-refractivity contribution >= 4 is 17.0 Å². The summed E-state index contributed by atoms with van der Waals surface area (Å²) < 4.78 is 2.14. The zero-order chi connectivity index (χ0) is 12.3. The van der Waals surface area contributed by atoms with Crippen LogP contribution < -0.4 is 5.73 Å². The van der Waals surface area contributed by atoms with Crippen molar-refractivity contribution in [3.05, 3.63) is 23.8 Å². The highest BCUT2D eigenvalue weighted by Gasteiger charge is 2.07. The van der Waals surface area contributed by atoms with Crippen LogP contribution in [0.3, 0.4) is 0 Å². The van der Waals surface area contributed by atoms with Gasteiger partial charge in [0.15, 0.2) is 0 Å². The van der Waals surface area contributed by atoms with Crippen LogP contribution in [0, 0.1) is 6.92 Å². The SMILES string of the molecule is CCCCCCn1c(N)nc2ccc(C)cc21. The summed E-state index contributed by atoms with van der Waals surface area (Å²) in [6.07, 6.45) is 5.00. The lowest BCUT2D eigenvalue weighted by atomic mass is 10.2. The minimum Gasteiger partial charge on any atom is -0.369 e. The highest BCUT2D eigenvalue weighted by molar-refractivity contribution is 5.79. The van der Waals surface area contributed by atoms with Crippen LogP contribution >= 0.6 is 0 Å². The third-order valence-corrected chi connectivity index (χ3v) is 3.17. The molecule has 0 saturated carbocycles. The molecule has 0 aliphatic rings. The van der Waals surface area contributed by atoms with Crippen molar-refractivity contribution in [1.29, 1.82) is 0 Å². The smallest absolute Gasteiger partial charge is 0.201 e. The molecule has 0 unspecified atom stereocenters. The van der Waals surface area contributed by atoms with E-state index in [1.54, 1.807) is 0 Å². The minimum absolute atomic E-state index is 0.641. The Morgan fingerprint density at radius 2 is 2.06 bits per heavy atom. The number of unbranched alkanes of at least 4 members (excludes halogenated alkanes) is 3. The number of benzene rings is 1. The maximum absolute atomic E-state index is 5.97. The lowest BCUT2D eigenvalue weighted by Crippen LogP contribution is -2.03. The van der Waals surface area contributed by atoms with E-state index in [-0.39, 0.29) is 0 Å². The molecule has 92 valence electrons. The first-order chi connectivity index (χ1) is 8.22. The molecule has 0 radical (unpaired) electrons. The second-order valence-corrected chi connectivity index (χ2v) is 4.67. The fourth-order valence-corrected chi connectivity index (χ4v) is 2.18. The molecule has 1 aromatic carbocycles. The van der Waals surface area contributed by atoms with Crippen LogP contribution in [-0.2, 0) is 6.54 Å². The number of hydrogen-bond acceptors (Lipinski definition) is 2. The quantitative estimate of drug-likeness (QED) is 0.800. The first-order valence-electron chi connectivity index (χ1n) is 6.44. The molecule has 2 N–H and O–H groups in total. The molecule has 3 nitrogen and oxygen atoms in total. The van der Waals surface area contributed by atoms with Crippen LogP contribution in [0.25, 0.3) is 11.0 Å². The largest absolute Gasteiger partial charge is 0.369 e. The average molecular weight is 231 g/mol. The van der Waals surface area contributed by atoms with Gasteiger partial charge in [0.1, 0.15) is 0 Å². The van der Waals surface area contributed by atoms with Gasteiger partial charge in [-0.3, -0.25) is 0 Å². The van der Waals surface area contributed by atoms with Gasteiger partial charge in [-0.05, 0) is 31.0 Å². The molecule has 0 saturated heterocycles. The number of imidazole rings is 1. The van der Waals surface area contributed by atoms with E-state index in [2.05, 4.69) is 35.5 Å². The number of anilines is 1. The van der Waals surface area contributed by atoms with Gasteiger partial charge in [0.2, 0.25) is 5.95 Å². The lowest BCUT2D eigenvalue weighted by Gasteiger charge is -2.06. The topological polar surface area (TPSA) is 43.8 Å². The Labute approximate surface area is 103 Å². The van der Waals surface area contributed by atoms with Crippen LogP contribution in [0.2, 0.25) is 0 Å². The fourth-order valence-electron chi connectivity index (χ4n) is 2.18. The summed E-state index contributed by atoms with van der Waals surface area (Å²) in [7, 11) is 0. The average Bonchev–Trinajstić information content (AvgIpc) is 2.61. The number of aromatic nitrogens is 2. The molecule has 2 aromatic rings. The van der Waals surface area contributed by atoms with E-state index < -0.39 is 0 Å². The van der Waals surface area contributed by atoms with Gasteiger partial charge in [0.05, 0.1) is 11.0 Å². The van der Waals surface area contributed by atoms with E-state index in [4.69, 9.17) is 5.73 Å². The van der Waals surface area contributed by atoms with Crippen molar-refractivity contribution in [1.82, 2.24) is 9.55 Å². The Balaban J connectivity index is 2.20. The molecule has 1 aromatic heterocycles. The summed E-state index contributed by atoms with van der Waals surface area (Å²) >= 11 is 0. The van der Waals surface area contributed by atoms with Gasteiger partial charge >= 0.3 is 0 Å². The molecule has 0 aliphatic carbocycles. The molecular weight excluding hydrogens is 210 g/mol. The van der Waals surface area contributed by atoms with Gasteiger partial charge in [-0.2, -0.15) is 0 Å². The van der Waals surface area contributed by atoms with Gasteiger partial charge in [-0.15, -0.1) is 0 Å². The second-order valence-electron chi connectivity index (χ2n) is 4.67. The number of fused-ring (bicyclic) bond motifs is 1. The molecule has 17 heavy (non-hydrogen) atoms. The number of nitrogens with two attached hydrogens (primary N) is 1. The number of rotatable bonds is 5.